The zero-order valence-corrected chi connectivity index (χ0v) is 11.2. The Kier molecular flexibility index (Phi) is 4.47. The molecule has 1 N–H and O–H groups in total. The van der Waals surface area contributed by atoms with Crippen LogP contribution in [0.4, 0.5) is 0 Å². The van der Waals surface area contributed by atoms with Gasteiger partial charge in [-0.25, -0.2) is 0 Å². The van der Waals surface area contributed by atoms with Crippen molar-refractivity contribution >= 4 is 50.2 Å². The van der Waals surface area contributed by atoms with Gasteiger partial charge < -0.3 is 5.11 Å². The first-order chi connectivity index (χ1) is 5.37. The molecular formula is C8H11Br2ClO2. The van der Waals surface area contributed by atoms with Gasteiger partial charge >= 0.3 is 5.97 Å². The van der Waals surface area contributed by atoms with Crippen LogP contribution in [0, 0.1) is 17.3 Å². The molecule has 0 heterocycles. The second kappa shape index (κ2) is 4.32. The molecule has 1 fully saturated rings. The van der Waals surface area contributed by atoms with Gasteiger partial charge in [0.15, 0.2) is 0 Å². The fourth-order valence-corrected chi connectivity index (χ4v) is 2.17. The number of allylic oxidation sites excluding steroid dienone is 1. The second-order valence-corrected chi connectivity index (χ2v) is 6.39. The molecule has 1 aliphatic rings. The summed E-state index contributed by atoms with van der Waals surface area (Å²) in [4.78, 5) is 10.7. The third-order valence-corrected chi connectivity index (χ3v) is 3.01. The number of rotatable bonds is 2. The topological polar surface area (TPSA) is 37.3 Å². The third kappa shape index (κ3) is 2.70. The van der Waals surface area contributed by atoms with Crippen molar-refractivity contribution in [3.05, 3.63) is 9.47 Å². The number of carbonyl (C=O) groups is 1. The Hall–Kier alpha value is 0.460. The fraction of sp³-hybridized carbons (Fsp3) is 0.625. The molecule has 0 radical (unpaired) electrons. The standard InChI is InChI=1S/C8H10Br2O2.ClH/c1-8(2)4(3-5(9)10)6(8)7(11)12;/h3-4,6H,1-2H3,(H,11,12);1H. The highest BCUT2D eigenvalue weighted by Gasteiger charge is 2.60. The normalized spacial score (nSPS) is 28.6. The molecule has 0 aromatic carbocycles. The Morgan fingerprint density at radius 1 is 1.46 bits per heavy atom. The van der Waals surface area contributed by atoms with Crippen molar-refractivity contribution < 1.29 is 9.90 Å². The molecule has 0 aromatic rings. The first-order valence-corrected chi connectivity index (χ1v) is 5.21. The molecule has 1 aliphatic carbocycles. The van der Waals surface area contributed by atoms with Crippen molar-refractivity contribution in [2.75, 3.05) is 0 Å². The maximum atomic E-state index is 10.7. The first kappa shape index (κ1) is 13.5. The highest BCUT2D eigenvalue weighted by Crippen LogP contribution is 2.59. The summed E-state index contributed by atoms with van der Waals surface area (Å²) in [5.74, 6) is -0.797. The van der Waals surface area contributed by atoms with Gasteiger partial charge in [0.05, 0.1) is 9.31 Å². The van der Waals surface area contributed by atoms with E-state index < -0.39 is 5.97 Å². The van der Waals surface area contributed by atoms with Crippen molar-refractivity contribution in [2.24, 2.45) is 17.3 Å². The zero-order valence-electron chi connectivity index (χ0n) is 7.25. The molecule has 0 amide bonds. The predicted molar refractivity (Wildman–Crippen MR) is 61.6 cm³/mol. The van der Waals surface area contributed by atoms with Gasteiger partial charge in [-0.05, 0) is 43.2 Å². The SMILES string of the molecule is CC1(C)C(C=C(Br)Br)C1C(=O)O.Cl. The van der Waals surface area contributed by atoms with Crippen LogP contribution in [0.1, 0.15) is 13.8 Å². The Labute approximate surface area is 100 Å². The summed E-state index contributed by atoms with van der Waals surface area (Å²) < 4.78 is 0.830. The van der Waals surface area contributed by atoms with Gasteiger partial charge in [-0.1, -0.05) is 19.9 Å². The minimum Gasteiger partial charge on any atom is -0.481 e. The van der Waals surface area contributed by atoms with E-state index in [-0.39, 0.29) is 29.7 Å². The summed E-state index contributed by atoms with van der Waals surface area (Å²) in [6.07, 6.45) is 1.90. The molecular weight excluding hydrogens is 323 g/mol. The van der Waals surface area contributed by atoms with E-state index in [0.717, 1.165) is 3.39 Å². The van der Waals surface area contributed by atoms with Crippen molar-refractivity contribution in [1.82, 2.24) is 0 Å². The number of halogens is 3. The molecule has 1 saturated carbocycles. The Morgan fingerprint density at radius 2 is 1.92 bits per heavy atom. The molecule has 76 valence electrons. The van der Waals surface area contributed by atoms with Gasteiger partial charge in [0.25, 0.3) is 0 Å². The minimum absolute atomic E-state index is 0. The Bertz CT molecular complexity index is 247. The highest BCUT2D eigenvalue weighted by atomic mass is 79.9. The van der Waals surface area contributed by atoms with Gasteiger partial charge in [0.1, 0.15) is 0 Å². The predicted octanol–water partition coefficient (Wildman–Crippen LogP) is 3.40. The molecule has 5 heteroatoms. The molecule has 13 heavy (non-hydrogen) atoms. The number of carboxylic acid groups (broad SMARTS) is 1. The van der Waals surface area contributed by atoms with E-state index in [4.69, 9.17) is 5.11 Å². The van der Waals surface area contributed by atoms with E-state index in [1.54, 1.807) is 0 Å². The average Bonchev–Trinajstić information content (AvgIpc) is 2.32. The van der Waals surface area contributed by atoms with Crippen molar-refractivity contribution in [3.8, 4) is 0 Å². The summed E-state index contributed by atoms with van der Waals surface area (Å²) in [6, 6.07) is 0. The van der Waals surface area contributed by atoms with Crippen LogP contribution in [0.3, 0.4) is 0 Å². The molecule has 2 unspecified atom stereocenters. The summed E-state index contributed by atoms with van der Waals surface area (Å²) >= 11 is 6.46. The van der Waals surface area contributed by atoms with Crippen LogP contribution in [0.2, 0.25) is 0 Å². The lowest BCUT2D eigenvalue weighted by Gasteiger charge is -1.96. The summed E-state index contributed by atoms with van der Waals surface area (Å²) in [6.45, 7) is 3.94. The molecule has 0 aliphatic heterocycles. The van der Waals surface area contributed by atoms with E-state index in [2.05, 4.69) is 31.9 Å². The van der Waals surface area contributed by atoms with Crippen LogP contribution in [0.25, 0.3) is 0 Å². The van der Waals surface area contributed by atoms with E-state index in [0.29, 0.717) is 0 Å². The maximum Gasteiger partial charge on any atom is 0.307 e. The fourth-order valence-electron chi connectivity index (χ4n) is 1.60. The molecule has 2 nitrogen and oxygen atoms in total. The first-order valence-electron chi connectivity index (χ1n) is 3.63. The number of aliphatic carboxylic acids is 1. The molecule has 0 saturated heterocycles. The van der Waals surface area contributed by atoms with Gasteiger partial charge in [0.2, 0.25) is 0 Å². The van der Waals surface area contributed by atoms with Crippen LogP contribution in [-0.2, 0) is 4.79 Å². The largest absolute Gasteiger partial charge is 0.481 e. The highest BCUT2D eigenvalue weighted by molar-refractivity contribution is 9.28. The molecule has 2 atom stereocenters. The lowest BCUT2D eigenvalue weighted by Crippen LogP contribution is -2.02. The summed E-state index contributed by atoms with van der Waals surface area (Å²) in [5.41, 5.74) is -0.0986. The Morgan fingerprint density at radius 3 is 2.15 bits per heavy atom. The molecule has 0 spiro atoms. The number of carboxylic acids is 1. The second-order valence-electron chi connectivity index (χ2n) is 3.62. The molecule has 0 aromatic heterocycles. The number of hydrogen-bond acceptors (Lipinski definition) is 1. The molecule has 1 rings (SSSR count). The van der Waals surface area contributed by atoms with Crippen molar-refractivity contribution in [3.63, 3.8) is 0 Å². The van der Waals surface area contributed by atoms with Gasteiger partial charge in [-0.3, -0.25) is 4.79 Å². The minimum atomic E-state index is -0.706. The summed E-state index contributed by atoms with van der Waals surface area (Å²) in [5, 5.41) is 8.81. The lowest BCUT2D eigenvalue weighted by atomic mass is 10.1. The van der Waals surface area contributed by atoms with E-state index in [9.17, 15) is 4.79 Å². The monoisotopic (exact) mass is 332 g/mol. The van der Waals surface area contributed by atoms with Gasteiger partial charge in [-0.2, -0.15) is 0 Å². The molecule has 0 bridgehead atoms. The van der Waals surface area contributed by atoms with Crippen molar-refractivity contribution in [1.29, 1.82) is 0 Å². The van der Waals surface area contributed by atoms with Gasteiger partial charge in [0, 0.05) is 0 Å². The van der Waals surface area contributed by atoms with Gasteiger partial charge in [-0.15, -0.1) is 12.4 Å². The van der Waals surface area contributed by atoms with Crippen LogP contribution in [-0.4, -0.2) is 11.1 Å². The smallest absolute Gasteiger partial charge is 0.307 e. The van der Waals surface area contributed by atoms with Crippen molar-refractivity contribution in [2.45, 2.75) is 13.8 Å². The van der Waals surface area contributed by atoms with Crippen LogP contribution in [0.5, 0.6) is 0 Å². The van der Waals surface area contributed by atoms with Crippen LogP contribution >= 0.6 is 44.3 Å². The lowest BCUT2D eigenvalue weighted by molar-refractivity contribution is -0.139. The van der Waals surface area contributed by atoms with Crippen LogP contribution in [0.15, 0.2) is 9.47 Å². The van der Waals surface area contributed by atoms with E-state index in [1.165, 1.54) is 0 Å². The third-order valence-electron chi connectivity index (χ3n) is 2.48. The quantitative estimate of drug-likeness (QED) is 0.840. The number of hydrogen-bond donors (Lipinski definition) is 1. The maximum absolute atomic E-state index is 10.7. The van der Waals surface area contributed by atoms with E-state index in [1.807, 2.05) is 19.9 Å². The Balaban J connectivity index is 0.00000144. The van der Waals surface area contributed by atoms with E-state index >= 15 is 0 Å². The van der Waals surface area contributed by atoms with Crippen LogP contribution < -0.4 is 0 Å². The zero-order chi connectivity index (χ0) is 9.52. The average molecular weight is 334 g/mol. The summed E-state index contributed by atoms with van der Waals surface area (Å²) in [7, 11) is 0.